The Balaban J connectivity index is 3.56. The summed E-state index contributed by atoms with van der Waals surface area (Å²) in [6.45, 7) is 1.39. The zero-order valence-electron chi connectivity index (χ0n) is 11.9. The van der Waals surface area contributed by atoms with Crippen LogP contribution in [0.2, 0.25) is 0 Å². The van der Waals surface area contributed by atoms with Crippen molar-refractivity contribution in [3.8, 4) is 11.8 Å². The van der Waals surface area contributed by atoms with E-state index >= 15 is 0 Å². The predicted octanol–water partition coefficient (Wildman–Crippen LogP) is 1.04. The fourth-order valence-electron chi connectivity index (χ4n) is 1.67. The van der Waals surface area contributed by atoms with Crippen molar-refractivity contribution in [3.63, 3.8) is 0 Å². The standard InChI is InChI=1S/C13H14N2O6S/c1-3-22(19,20)11-6-8(13(17)18)10(21-2)7-9(11)15-12(16)4-5-14/h6-7H,3-4H2,1-2H3,(H,15,16)(H,17,18). The first-order valence-corrected chi connectivity index (χ1v) is 7.77. The molecule has 0 saturated carbocycles. The number of carbonyl (C=O) groups is 2. The van der Waals surface area contributed by atoms with E-state index in [1.807, 2.05) is 0 Å². The number of carboxylic acid groups (broad SMARTS) is 1. The van der Waals surface area contributed by atoms with E-state index in [1.165, 1.54) is 14.0 Å². The summed E-state index contributed by atoms with van der Waals surface area (Å²) in [6.07, 6.45) is -0.464. The number of anilines is 1. The van der Waals surface area contributed by atoms with Gasteiger partial charge in [-0.1, -0.05) is 6.92 Å². The number of nitrogens with zero attached hydrogens (tertiary/aromatic N) is 1. The summed E-state index contributed by atoms with van der Waals surface area (Å²) < 4.78 is 29.1. The van der Waals surface area contributed by atoms with E-state index in [4.69, 9.17) is 15.1 Å². The molecule has 0 fully saturated rings. The first kappa shape index (κ1) is 17.5. The molecule has 0 aliphatic carbocycles. The number of carboxylic acids is 1. The first-order valence-electron chi connectivity index (χ1n) is 6.11. The lowest BCUT2D eigenvalue weighted by Gasteiger charge is -2.14. The highest BCUT2D eigenvalue weighted by Crippen LogP contribution is 2.31. The SMILES string of the molecule is CCS(=O)(=O)c1cc(C(=O)O)c(OC)cc1NC(=O)CC#N. The van der Waals surface area contributed by atoms with Gasteiger partial charge in [0.05, 0.1) is 29.5 Å². The molecule has 118 valence electrons. The van der Waals surface area contributed by atoms with Crippen LogP contribution in [-0.2, 0) is 14.6 Å². The Morgan fingerprint density at radius 2 is 2.05 bits per heavy atom. The van der Waals surface area contributed by atoms with Crippen LogP contribution >= 0.6 is 0 Å². The molecule has 0 saturated heterocycles. The molecule has 0 aliphatic rings. The van der Waals surface area contributed by atoms with E-state index in [2.05, 4.69) is 5.32 Å². The third kappa shape index (κ3) is 3.73. The number of carbonyl (C=O) groups excluding carboxylic acids is 1. The van der Waals surface area contributed by atoms with Gasteiger partial charge < -0.3 is 15.2 Å². The minimum Gasteiger partial charge on any atom is -0.496 e. The van der Waals surface area contributed by atoms with Crippen molar-refractivity contribution in [3.05, 3.63) is 17.7 Å². The molecule has 0 aromatic heterocycles. The number of nitriles is 1. The molecular formula is C13H14N2O6S. The quantitative estimate of drug-likeness (QED) is 0.797. The van der Waals surface area contributed by atoms with Crippen LogP contribution in [0.1, 0.15) is 23.7 Å². The molecule has 1 amide bonds. The minimum absolute atomic E-state index is 0.102. The van der Waals surface area contributed by atoms with Gasteiger partial charge in [0.25, 0.3) is 0 Å². The molecule has 0 unspecified atom stereocenters. The number of benzene rings is 1. The molecule has 0 bridgehead atoms. The topological polar surface area (TPSA) is 134 Å². The van der Waals surface area contributed by atoms with Crippen LogP contribution < -0.4 is 10.1 Å². The van der Waals surface area contributed by atoms with Crippen molar-refractivity contribution in [2.45, 2.75) is 18.2 Å². The summed E-state index contributed by atoms with van der Waals surface area (Å²) in [5, 5.41) is 19.9. The molecule has 1 rings (SSSR count). The third-order valence-corrected chi connectivity index (χ3v) is 4.53. The average molecular weight is 326 g/mol. The Hall–Kier alpha value is -2.60. The van der Waals surface area contributed by atoms with Gasteiger partial charge in [-0.15, -0.1) is 0 Å². The summed E-state index contributed by atoms with van der Waals surface area (Å²) >= 11 is 0. The molecule has 0 aliphatic heterocycles. The molecule has 0 spiro atoms. The molecule has 0 atom stereocenters. The van der Waals surface area contributed by atoms with Crippen LogP contribution in [0, 0.1) is 11.3 Å². The van der Waals surface area contributed by atoms with E-state index in [-0.39, 0.29) is 27.6 Å². The fourth-order valence-corrected chi connectivity index (χ4v) is 2.73. The molecule has 9 heteroatoms. The maximum absolute atomic E-state index is 12.1. The van der Waals surface area contributed by atoms with Crippen molar-refractivity contribution < 1.29 is 27.9 Å². The van der Waals surface area contributed by atoms with Crippen LogP contribution in [-0.4, -0.2) is 38.3 Å². The Kier molecular flexibility index (Phi) is 5.48. The lowest BCUT2D eigenvalue weighted by atomic mass is 10.1. The van der Waals surface area contributed by atoms with E-state index in [9.17, 15) is 18.0 Å². The van der Waals surface area contributed by atoms with Gasteiger partial charge in [-0.3, -0.25) is 4.79 Å². The summed E-state index contributed by atoms with van der Waals surface area (Å²) in [7, 11) is -2.57. The summed E-state index contributed by atoms with van der Waals surface area (Å²) in [5.74, 6) is -2.45. The average Bonchev–Trinajstić information content (AvgIpc) is 2.46. The highest BCUT2D eigenvalue weighted by molar-refractivity contribution is 7.91. The number of hydrogen-bond acceptors (Lipinski definition) is 6. The number of ether oxygens (including phenoxy) is 1. The maximum atomic E-state index is 12.1. The lowest BCUT2D eigenvalue weighted by molar-refractivity contribution is -0.115. The summed E-state index contributed by atoms with van der Waals surface area (Å²) in [4.78, 5) is 22.4. The van der Waals surface area contributed by atoms with E-state index < -0.39 is 28.1 Å². The number of aromatic carboxylic acids is 1. The second-order valence-corrected chi connectivity index (χ2v) is 6.39. The fraction of sp³-hybridized carbons (Fsp3) is 0.308. The van der Waals surface area contributed by atoms with E-state index in [0.717, 1.165) is 12.1 Å². The highest BCUT2D eigenvalue weighted by Gasteiger charge is 2.23. The van der Waals surface area contributed by atoms with Crippen molar-refractivity contribution in [2.24, 2.45) is 0 Å². The second kappa shape index (κ2) is 6.91. The Bertz CT molecular complexity index is 749. The number of nitrogens with one attached hydrogen (secondary N) is 1. The number of methoxy groups -OCH3 is 1. The predicted molar refractivity (Wildman–Crippen MR) is 76.5 cm³/mol. The van der Waals surface area contributed by atoms with Gasteiger partial charge in [-0.25, -0.2) is 13.2 Å². The van der Waals surface area contributed by atoms with Gasteiger partial charge in [-0.2, -0.15) is 5.26 Å². The van der Waals surface area contributed by atoms with E-state index in [0.29, 0.717) is 0 Å². The largest absolute Gasteiger partial charge is 0.496 e. The van der Waals surface area contributed by atoms with Crippen LogP contribution in [0.15, 0.2) is 17.0 Å². The molecule has 0 heterocycles. The molecule has 1 aromatic carbocycles. The zero-order valence-corrected chi connectivity index (χ0v) is 12.7. The van der Waals surface area contributed by atoms with Gasteiger partial charge in [-0.05, 0) is 6.07 Å². The number of rotatable bonds is 6. The van der Waals surface area contributed by atoms with Crippen molar-refractivity contribution >= 4 is 27.4 Å². The zero-order chi connectivity index (χ0) is 16.9. The highest BCUT2D eigenvalue weighted by atomic mass is 32.2. The van der Waals surface area contributed by atoms with E-state index in [1.54, 1.807) is 6.07 Å². The van der Waals surface area contributed by atoms with Crippen molar-refractivity contribution in [1.29, 1.82) is 5.26 Å². The third-order valence-electron chi connectivity index (χ3n) is 2.76. The molecule has 8 nitrogen and oxygen atoms in total. The minimum atomic E-state index is -3.79. The lowest BCUT2D eigenvalue weighted by Crippen LogP contribution is -2.16. The Morgan fingerprint density at radius 1 is 1.41 bits per heavy atom. The number of amides is 1. The molecular weight excluding hydrogens is 312 g/mol. The second-order valence-electron chi connectivity index (χ2n) is 4.14. The molecule has 2 N–H and O–H groups in total. The van der Waals surface area contributed by atoms with Crippen LogP contribution in [0.25, 0.3) is 0 Å². The van der Waals surface area contributed by atoms with Gasteiger partial charge in [0.2, 0.25) is 5.91 Å². The molecule has 22 heavy (non-hydrogen) atoms. The molecule has 0 radical (unpaired) electrons. The van der Waals surface area contributed by atoms with Crippen LogP contribution in [0.3, 0.4) is 0 Å². The molecule has 1 aromatic rings. The van der Waals surface area contributed by atoms with Gasteiger partial charge >= 0.3 is 5.97 Å². The number of sulfone groups is 1. The number of hydrogen-bond donors (Lipinski definition) is 2. The van der Waals surface area contributed by atoms with Crippen molar-refractivity contribution in [2.75, 3.05) is 18.2 Å². The van der Waals surface area contributed by atoms with Crippen LogP contribution in [0.4, 0.5) is 5.69 Å². The van der Waals surface area contributed by atoms with Gasteiger partial charge in [0, 0.05) is 6.07 Å². The monoisotopic (exact) mass is 326 g/mol. The summed E-state index contributed by atoms with van der Waals surface area (Å²) in [6, 6.07) is 3.68. The van der Waals surface area contributed by atoms with Gasteiger partial charge in [0.15, 0.2) is 9.84 Å². The van der Waals surface area contributed by atoms with Crippen LogP contribution in [0.5, 0.6) is 5.75 Å². The maximum Gasteiger partial charge on any atom is 0.339 e. The Morgan fingerprint density at radius 3 is 2.50 bits per heavy atom. The van der Waals surface area contributed by atoms with Gasteiger partial charge in [0.1, 0.15) is 17.7 Å². The Labute approximate surface area is 127 Å². The normalized spacial score (nSPS) is 10.6. The summed E-state index contributed by atoms with van der Waals surface area (Å²) in [5.41, 5.74) is -0.461. The van der Waals surface area contributed by atoms with Crippen molar-refractivity contribution in [1.82, 2.24) is 0 Å². The smallest absolute Gasteiger partial charge is 0.339 e. The first-order chi connectivity index (χ1) is 10.3.